The molecular weight excluding hydrogens is 253 g/mol. The quantitative estimate of drug-likeness (QED) is 0.673. The number of hydrogen-bond donors (Lipinski definition) is 0. The van der Waals surface area contributed by atoms with Crippen LogP contribution in [0.4, 0.5) is 13.2 Å². The molecule has 0 radical (unpaired) electrons. The lowest BCUT2D eigenvalue weighted by Crippen LogP contribution is -2.10. The molecule has 2 rings (SSSR count). The van der Waals surface area contributed by atoms with Crippen molar-refractivity contribution in [1.82, 2.24) is 4.98 Å². The lowest BCUT2D eigenvalue weighted by atomic mass is 10.0. The van der Waals surface area contributed by atoms with E-state index >= 15 is 0 Å². The summed E-state index contributed by atoms with van der Waals surface area (Å²) in [4.78, 5) is 3.76. The van der Waals surface area contributed by atoms with Crippen molar-refractivity contribution in [2.45, 2.75) is 6.18 Å². The van der Waals surface area contributed by atoms with Gasteiger partial charge in [-0.05, 0) is 6.07 Å². The van der Waals surface area contributed by atoms with Gasteiger partial charge in [0, 0.05) is 5.39 Å². The average molecular weight is 257 g/mol. The minimum atomic E-state index is -4.64. The van der Waals surface area contributed by atoms with E-state index in [0.717, 1.165) is 0 Å². The van der Waals surface area contributed by atoms with Gasteiger partial charge in [-0.3, -0.25) is 0 Å². The van der Waals surface area contributed by atoms with E-state index in [0.29, 0.717) is 0 Å². The molecule has 0 amide bonds. The van der Waals surface area contributed by atoms with Gasteiger partial charge in [-0.1, -0.05) is 29.8 Å². The second kappa shape index (κ2) is 3.90. The van der Waals surface area contributed by atoms with Crippen molar-refractivity contribution in [2.24, 2.45) is 0 Å². The second-order valence-corrected chi connectivity index (χ2v) is 3.64. The third-order valence-corrected chi connectivity index (χ3v) is 2.52. The van der Waals surface area contributed by atoms with E-state index in [-0.39, 0.29) is 10.9 Å². The summed E-state index contributed by atoms with van der Waals surface area (Å²) in [6, 6.07) is 7.13. The van der Waals surface area contributed by atoms with Gasteiger partial charge in [0.25, 0.3) is 0 Å². The zero-order valence-electron chi connectivity index (χ0n) is 8.22. The van der Waals surface area contributed by atoms with Crippen molar-refractivity contribution < 1.29 is 13.2 Å². The number of hydrogen-bond acceptors (Lipinski definition) is 2. The Bertz CT molecular complexity index is 629. The molecule has 0 N–H and O–H groups in total. The van der Waals surface area contributed by atoms with Crippen molar-refractivity contribution in [3.05, 3.63) is 40.5 Å². The number of nitrogens with zero attached hydrogens (tertiary/aromatic N) is 2. The van der Waals surface area contributed by atoms with Gasteiger partial charge in [0.05, 0.1) is 11.1 Å². The summed E-state index contributed by atoms with van der Waals surface area (Å²) in [5, 5.41) is 8.19. The van der Waals surface area contributed by atoms with Crippen molar-refractivity contribution in [3.63, 3.8) is 0 Å². The summed E-state index contributed by atoms with van der Waals surface area (Å²) in [6.45, 7) is 0. The van der Waals surface area contributed by atoms with Gasteiger partial charge in [0.2, 0.25) is 0 Å². The summed E-state index contributed by atoms with van der Waals surface area (Å²) < 4.78 is 38.7. The molecule has 1 heterocycles. The third-order valence-electron chi connectivity index (χ3n) is 2.24. The maximum absolute atomic E-state index is 12.9. The first kappa shape index (κ1) is 11.7. The number of alkyl halides is 3. The van der Waals surface area contributed by atoms with Crippen molar-refractivity contribution in [3.8, 4) is 6.07 Å². The van der Waals surface area contributed by atoms with Gasteiger partial charge < -0.3 is 0 Å². The van der Waals surface area contributed by atoms with Crippen LogP contribution in [0.25, 0.3) is 10.9 Å². The van der Waals surface area contributed by atoms with Crippen molar-refractivity contribution in [2.75, 3.05) is 0 Å². The van der Waals surface area contributed by atoms with Crippen LogP contribution in [-0.2, 0) is 6.18 Å². The van der Waals surface area contributed by atoms with Gasteiger partial charge in [0.1, 0.15) is 16.8 Å². The molecule has 0 atom stereocenters. The third kappa shape index (κ3) is 1.92. The predicted molar refractivity (Wildman–Crippen MR) is 56.5 cm³/mol. The number of benzene rings is 1. The van der Waals surface area contributed by atoms with E-state index in [2.05, 4.69) is 4.98 Å². The van der Waals surface area contributed by atoms with Crippen LogP contribution in [0.2, 0.25) is 5.15 Å². The minimum absolute atomic E-state index is 0.115. The number of rotatable bonds is 0. The summed E-state index contributed by atoms with van der Waals surface area (Å²) in [5.74, 6) is 0. The smallest absolute Gasteiger partial charge is 0.235 e. The Hall–Kier alpha value is -1.80. The van der Waals surface area contributed by atoms with Crippen LogP contribution >= 0.6 is 11.6 Å². The molecule has 0 saturated heterocycles. The molecule has 0 aliphatic carbocycles. The molecule has 0 aliphatic heterocycles. The lowest BCUT2D eigenvalue weighted by Gasteiger charge is -2.12. The van der Waals surface area contributed by atoms with Crippen molar-refractivity contribution in [1.29, 1.82) is 5.26 Å². The standard InChI is InChI=1S/C11H4ClF3N2/c12-10-7(5-16)9(11(13,14)15)6-3-1-2-4-8(6)17-10/h1-4H. The van der Waals surface area contributed by atoms with Crippen LogP contribution in [0, 0.1) is 11.3 Å². The highest BCUT2D eigenvalue weighted by atomic mass is 35.5. The van der Waals surface area contributed by atoms with Crippen LogP contribution < -0.4 is 0 Å². The molecule has 1 aromatic heterocycles. The molecular formula is C11H4ClF3N2. The molecule has 6 heteroatoms. The monoisotopic (exact) mass is 256 g/mol. The highest BCUT2D eigenvalue weighted by Gasteiger charge is 2.37. The molecule has 17 heavy (non-hydrogen) atoms. The van der Waals surface area contributed by atoms with E-state index in [1.54, 1.807) is 6.07 Å². The Balaban J connectivity index is 2.99. The van der Waals surface area contributed by atoms with Crippen LogP contribution in [-0.4, -0.2) is 4.98 Å². The Morgan fingerprint density at radius 1 is 1.24 bits per heavy atom. The molecule has 0 spiro atoms. The van der Waals surface area contributed by atoms with Crippen LogP contribution in [0.1, 0.15) is 11.1 Å². The Labute approximate surface area is 99.3 Å². The normalized spacial score (nSPS) is 11.5. The Kier molecular flexibility index (Phi) is 2.68. The van der Waals surface area contributed by atoms with E-state index in [1.165, 1.54) is 24.3 Å². The number of pyridine rings is 1. The van der Waals surface area contributed by atoms with Gasteiger partial charge in [0.15, 0.2) is 0 Å². The van der Waals surface area contributed by atoms with E-state index in [9.17, 15) is 13.2 Å². The summed E-state index contributed by atoms with van der Waals surface area (Å²) in [5.41, 5.74) is -1.56. The van der Waals surface area contributed by atoms with Crippen LogP contribution in [0.5, 0.6) is 0 Å². The topological polar surface area (TPSA) is 36.7 Å². The highest BCUT2D eigenvalue weighted by molar-refractivity contribution is 6.31. The number of fused-ring (bicyclic) bond motifs is 1. The summed E-state index contributed by atoms with van der Waals surface area (Å²) >= 11 is 5.58. The molecule has 86 valence electrons. The Morgan fingerprint density at radius 2 is 1.88 bits per heavy atom. The van der Waals surface area contributed by atoms with E-state index < -0.39 is 22.5 Å². The zero-order chi connectivity index (χ0) is 12.6. The van der Waals surface area contributed by atoms with E-state index in [4.69, 9.17) is 16.9 Å². The first-order chi connectivity index (χ1) is 7.95. The number of aromatic nitrogens is 1. The first-order valence-electron chi connectivity index (χ1n) is 4.50. The van der Waals surface area contributed by atoms with Gasteiger partial charge in [-0.25, -0.2) is 4.98 Å². The number of halogens is 4. The maximum Gasteiger partial charge on any atom is 0.418 e. The van der Waals surface area contributed by atoms with Crippen molar-refractivity contribution >= 4 is 22.5 Å². The van der Waals surface area contributed by atoms with Crippen LogP contribution in [0.15, 0.2) is 24.3 Å². The van der Waals surface area contributed by atoms with Gasteiger partial charge in [-0.2, -0.15) is 18.4 Å². The summed E-state index contributed by atoms with van der Waals surface area (Å²) in [7, 11) is 0. The Morgan fingerprint density at radius 3 is 2.47 bits per heavy atom. The van der Waals surface area contributed by atoms with Gasteiger partial charge >= 0.3 is 6.18 Å². The average Bonchev–Trinajstić information content (AvgIpc) is 2.25. The zero-order valence-corrected chi connectivity index (χ0v) is 8.97. The lowest BCUT2D eigenvalue weighted by molar-refractivity contribution is -0.136. The molecule has 0 unspecified atom stereocenters. The number of nitriles is 1. The number of para-hydroxylation sites is 1. The first-order valence-corrected chi connectivity index (χ1v) is 4.88. The fourth-order valence-corrected chi connectivity index (χ4v) is 1.81. The summed E-state index contributed by atoms with van der Waals surface area (Å²) in [6.07, 6.45) is -4.64. The highest BCUT2D eigenvalue weighted by Crippen LogP contribution is 2.38. The molecule has 1 aromatic carbocycles. The molecule has 2 aromatic rings. The maximum atomic E-state index is 12.9. The molecule has 0 saturated carbocycles. The largest absolute Gasteiger partial charge is 0.418 e. The predicted octanol–water partition coefficient (Wildman–Crippen LogP) is 3.78. The molecule has 2 nitrogen and oxygen atoms in total. The van der Waals surface area contributed by atoms with Crippen LogP contribution in [0.3, 0.4) is 0 Å². The molecule has 0 bridgehead atoms. The SMILES string of the molecule is N#Cc1c(Cl)nc2ccccc2c1C(F)(F)F. The minimum Gasteiger partial charge on any atom is -0.235 e. The molecule has 0 aliphatic rings. The second-order valence-electron chi connectivity index (χ2n) is 3.28. The fraction of sp³-hybridized carbons (Fsp3) is 0.0909. The molecule has 0 fully saturated rings. The van der Waals surface area contributed by atoms with Gasteiger partial charge in [-0.15, -0.1) is 0 Å². The van der Waals surface area contributed by atoms with E-state index in [1.807, 2.05) is 0 Å². The fourth-order valence-electron chi connectivity index (χ4n) is 1.58.